The van der Waals surface area contributed by atoms with Crippen LogP contribution in [-0.2, 0) is 11.3 Å². The van der Waals surface area contributed by atoms with Gasteiger partial charge in [0, 0.05) is 20.0 Å². The fourth-order valence-electron chi connectivity index (χ4n) is 1.44. The summed E-state index contributed by atoms with van der Waals surface area (Å²) in [6.07, 6.45) is 5.31. The number of amides is 1. The molecule has 0 radical (unpaired) electrons. The molecule has 0 fully saturated rings. The van der Waals surface area contributed by atoms with Crippen molar-refractivity contribution in [2.75, 3.05) is 7.05 Å². The highest BCUT2D eigenvalue weighted by Gasteiger charge is 2.16. The normalized spacial score (nSPS) is 11.6. The molecule has 1 aromatic rings. The van der Waals surface area contributed by atoms with Crippen molar-refractivity contribution < 1.29 is 9.18 Å². The molecule has 4 heteroatoms. The molecular weight excluding hydrogens is 219 g/mol. The largest absolute Gasteiger partial charge is 0.340 e. The van der Waals surface area contributed by atoms with Gasteiger partial charge in [-0.2, -0.15) is 0 Å². The van der Waals surface area contributed by atoms with Gasteiger partial charge in [-0.15, -0.1) is 12.3 Å². The van der Waals surface area contributed by atoms with Gasteiger partial charge in [-0.05, 0) is 17.7 Å². The molecule has 1 aromatic carbocycles. The molecule has 17 heavy (non-hydrogen) atoms. The average Bonchev–Trinajstić information content (AvgIpc) is 2.31. The number of likely N-dealkylation sites (N-methyl/N-ethyl adjacent to an activating group) is 1. The Morgan fingerprint density at radius 1 is 1.53 bits per heavy atom. The Hall–Kier alpha value is -1.86. The molecule has 1 atom stereocenters. The van der Waals surface area contributed by atoms with Crippen molar-refractivity contribution in [2.45, 2.75) is 19.0 Å². The van der Waals surface area contributed by atoms with E-state index in [9.17, 15) is 9.18 Å². The topological polar surface area (TPSA) is 46.3 Å². The summed E-state index contributed by atoms with van der Waals surface area (Å²) in [5.41, 5.74) is 6.46. The molecule has 1 amide bonds. The van der Waals surface area contributed by atoms with Gasteiger partial charge in [-0.1, -0.05) is 12.1 Å². The molecule has 0 bridgehead atoms. The first-order valence-corrected chi connectivity index (χ1v) is 5.23. The second-order valence-corrected chi connectivity index (χ2v) is 3.84. The van der Waals surface area contributed by atoms with E-state index in [2.05, 4.69) is 5.92 Å². The highest BCUT2D eigenvalue weighted by atomic mass is 19.1. The number of nitrogens with two attached hydrogens (primary N) is 1. The van der Waals surface area contributed by atoms with E-state index < -0.39 is 6.04 Å². The molecule has 0 heterocycles. The van der Waals surface area contributed by atoms with E-state index in [-0.39, 0.29) is 18.1 Å². The molecule has 0 spiro atoms. The van der Waals surface area contributed by atoms with Gasteiger partial charge < -0.3 is 10.6 Å². The van der Waals surface area contributed by atoms with Crippen molar-refractivity contribution in [3.8, 4) is 12.3 Å². The molecule has 0 aliphatic rings. The van der Waals surface area contributed by atoms with Gasteiger partial charge in [0.05, 0.1) is 6.04 Å². The van der Waals surface area contributed by atoms with E-state index in [0.717, 1.165) is 5.56 Å². The summed E-state index contributed by atoms with van der Waals surface area (Å²) < 4.78 is 12.7. The molecule has 0 saturated carbocycles. The summed E-state index contributed by atoms with van der Waals surface area (Å²) >= 11 is 0. The van der Waals surface area contributed by atoms with Crippen LogP contribution in [0.3, 0.4) is 0 Å². The van der Waals surface area contributed by atoms with Crippen LogP contribution in [0.4, 0.5) is 4.39 Å². The van der Waals surface area contributed by atoms with E-state index in [0.29, 0.717) is 6.54 Å². The fourth-order valence-corrected chi connectivity index (χ4v) is 1.44. The average molecular weight is 234 g/mol. The summed E-state index contributed by atoms with van der Waals surface area (Å²) in [5, 5.41) is 0. The molecular formula is C13H15FN2O. The predicted molar refractivity (Wildman–Crippen MR) is 64.3 cm³/mol. The Balaban J connectivity index is 2.60. The zero-order chi connectivity index (χ0) is 12.8. The number of hydrogen-bond donors (Lipinski definition) is 1. The van der Waals surface area contributed by atoms with E-state index in [4.69, 9.17) is 12.2 Å². The minimum Gasteiger partial charge on any atom is -0.340 e. The van der Waals surface area contributed by atoms with Gasteiger partial charge >= 0.3 is 0 Å². The summed E-state index contributed by atoms with van der Waals surface area (Å²) in [4.78, 5) is 13.2. The van der Waals surface area contributed by atoms with Crippen LogP contribution in [-0.4, -0.2) is 23.9 Å². The Kier molecular flexibility index (Phi) is 4.68. The maximum absolute atomic E-state index is 12.7. The van der Waals surface area contributed by atoms with E-state index in [1.807, 2.05) is 0 Å². The molecule has 0 aromatic heterocycles. The Morgan fingerprint density at radius 3 is 2.65 bits per heavy atom. The van der Waals surface area contributed by atoms with Gasteiger partial charge in [0.1, 0.15) is 5.82 Å². The highest BCUT2D eigenvalue weighted by Crippen LogP contribution is 2.06. The maximum Gasteiger partial charge on any atom is 0.240 e. The van der Waals surface area contributed by atoms with Gasteiger partial charge in [0.25, 0.3) is 0 Å². The summed E-state index contributed by atoms with van der Waals surface area (Å²) in [6, 6.07) is 5.30. The molecule has 3 nitrogen and oxygen atoms in total. The minimum absolute atomic E-state index is 0.215. The minimum atomic E-state index is -0.676. The van der Waals surface area contributed by atoms with E-state index in [1.54, 1.807) is 19.2 Å². The van der Waals surface area contributed by atoms with Gasteiger partial charge in [0.2, 0.25) is 5.91 Å². The van der Waals surface area contributed by atoms with Crippen LogP contribution >= 0.6 is 0 Å². The first kappa shape index (κ1) is 13.2. The summed E-state index contributed by atoms with van der Waals surface area (Å²) in [5.74, 6) is 1.84. The number of rotatable bonds is 4. The number of benzene rings is 1. The van der Waals surface area contributed by atoms with Crippen LogP contribution in [0.2, 0.25) is 0 Å². The summed E-state index contributed by atoms with van der Waals surface area (Å²) in [6.45, 7) is 0.386. The molecule has 0 aliphatic carbocycles. The second kappa shape index (κ2) is 6.02. The van der Waals surface area contributed by atoms with Crippen molar-refractivity contribution in [1.82, 2.24) is 4.90 Å². The Labute approximate surface area is 100 Å². The molecule has 1 rings (SSSR count). The van der Waals surface area contributed by atoms with Crippen LogP contribution < -0.4 is 5.73 Å². The maximum atomic E-state index is 12.7. The lowest BCUT2D eigenvalue weighted by molar-refractivity contribution is -0.131. The number of nitrogens with zero attached hydrogens (tertiary/aromatic N) is 1. The number of carbonyl (C=O) groups is 1. The number of hydrogen-bond acceptors (Lipinski definition) is 2. The Morgan fingerprint density at radius 2 is 2.12 bits per heavy atom. The van der Waals surface area contributed by atoms with Gasteiger partial charge in [-0.3, -0.25) is 4.79 Å². The molecule has 0 saturated heterocycles. The van der Waals surface area contributed by atoms with Crippen molar-refractivity contribution in [3.63, 3.8) is 0 Å². The van der Waals surface area contributed by atoms with Gasteiger partial charge in [0.15, 0.2) is 0 Å². The number of halogens is 1. The van der Waals surface area contributed by atoms with Crippen LogP contribution in [0.1, 0.15) is 12.0 Å². The van der Waals surface area contributed by atoms with Crippen molar-refractivity contribution in [2.24, 2.45) is 5.73 Å². The first-order chi connectivity index (χ1) is 8.04. The third kappa shape index (κ3) is 3.89. The van der Waals surface area contributed by atoms with Crippen molar-refractivity contribution >= 4 is 5.91 Å². The third-order valence-electron chi connectivity index (χ3n) is 2.36. The summed E-state index contributed by atoms with van der Waals surface area (Å²) in [7, 11) is 1.64. The molecule has 0 aliphatic heterocycles. The zero-order valence-corrected chi connectivity index (χ0v) is 9.69. The lowest BCUT2D eigenvalue weighted by atomic mass is 10.1. The monoisotopic (exact) mass is 234 g/mol. The predicted octanol–water partition coefficient (Wildman–Crippen LogP) is 1.13. The molecule has 2 N–H and O–H groups in total. The number of carbonyl (C=O) groups excluding carboxylic acids is 1. The quantitative estimate of drug-likeness (QED) is 0.794. The van der Waals surface area contributed by atoms with Crippen LogP contribution in [0.25, 0.3) is 0 Å². The first-order valence-electron chi connectivity index (χ1n) is 5.23. The zero-order valence-electron chi connectivity index (χ0n) is 9.69. The van der Waals surface area contributed by atoms with E-state index in [1.165, 1.54) is 17.0 Å². The molecule has 90 valence electrons. The number of terminal acetylenes is 1. The van der Waals surface area contributed by atoms with E-state index >= 15 is 0 Å². The lowest BCUT2D eigenvalue weighted by Crippen LogP contribution is -2.41. The van der Waals surface area contributed by atoms with Crippen molar-refractivity contribution in [1.29, 1.82) is 0 Å². The Bertz CT molecular complexity index is 422. The highest BCUT2D eigenvalue weighted by molar-refractivity contribution is 5.81. The second-order valence-electron chi connectivity index (χ2n) is 3.84. The van der Waals surface area contributed by atoms with Crippen LogP contribution in [0.15, 0.2) is 24.3 Å². The smallest absolute Gasteiger partial charge is 0.240 e. The molecule has 1 unspecified atom stereocenters. The third-order valence-corrected chi connectivity index (χ3v) is 2.36. The fraction of sp³-hybridized carbons (Fsp3) is 0.308. The van der Waals surface area contributed by atoms with Crippen molar-refractivity contribution in [3.05, 3.63) is 35.6 Å². The standard InChI is InChI=1S/C13H15FN2O/c1-3-4-12(15)13(17)16(2)9-10-5-7-11(14)8-6-10/h1,5-8,12H,4,9,15H2,2H3. The SMILES string of the molecule is C#CCC(N)C(=O)N(C)Cc1ccc(F)cc1. The van der Waals surface area contributed by atoms with Crippen LogP contribution in [0.5, 0.6) is 0 Å². The lowest BCUT2D eigenvalue weighted by Gasteiger charge is -2.20. The van der Waals surface area contributed by atoms with Gasteiger partial charge in [-0.25, -0.2) is 4.39 Å². The van der Waals surface area contributed by atoms with Crippen LogP contribution in [0, 0.1) is 18.2 Å².